The van der Waals surface area contributed by atoms with Crippen LogP contribution in [0.2, 0.25) is 0 Å². The number of hydrogen-bond donors (Lipinski definition) is 0. The number of unbranched alkanes of at least 4 members (excludes halogenated alkanes) is 3. The minimum Gasteiger partial charge on any atom is -0.501 e. The maximum Gasteiger partial charge on any atom is 0.0873 e. The van der Waals surface area contributed by atoms with Crippen LogP contribution in [0, 0.1) is 0 Å². The summed E-state index contributed by atoms with van der Waals surface area (Å²) in [5, 5.41) is 0. The van der Waals surface area contributed by atoms with Gasteiger partial charge in [0.25, 0.3) is 0 Å². The maximum absolute atomic E-state index is 5.20. The lowest BCUT2D eigenvalue weighted by atomic mass is 10.2. The molecule has 0 aliphatic rings. The Morgan fingerprint density at radius 1 is 1.08 bits per heavy atom. The van der Waals surface area contributed by atoms with Crippen molar-refractivity contribution in [2.45, 2.75) is 25.7 Å². The molecule has 0 amide bonds. The number of hydrogen-bond acceptors (Lipinski definition) is 2. The molecule has 0 N–H and O–H groups in total. The van der Waals surface area contributed by atoms with E-state index in [-0.39, 0.29) is 0 Å². The minimum absolute atomic E-state index is 0.803. The van der Waals surface area contributed by atoms with Crippen LogP contribution in [0.3, 0.4) is 0 Å². The van der Waals surface area contributed by atoms with Crippen molar-refractivity contribution in [3.8, 4) is 0 Å². The molecule has 76 valence electrons. The van der Waals surface area contributed by atoms with Crippen LogP contribution in [0.25, 0.3) is 0 Å². The Hall–Kier alpha value is -0.760. The molecule has 0 aliphatic heterocycles. The van der Waals surface area contributed by atoms with Gasteiger partial charge in [0.2, 0.25) is 0 Å². The Balaban J connectivity index is 2.91. The van der Waals surface area contributed by atoms with E-state index in [9.17, 15) is 0 Å². The van der Waals surface area contributed by atoms with Crippen LogP contribution in [-0.2, 0) is 9.47 Å². The highest BCUT2D eigenvalue weighted by atomic mass is 16.5. The van der Waals surface area contributed by atoms with Crippen LogP contribution >= 0.6 is 0 Å². The molecule has 0 fully saturated rings. The van der Waals surface area contributed by atoms with Crippen LogP contribution < -0.4 is 0 Å². The van der Waals surface area contributed by atoms with Crippen molar-refractivity contribution in [2.24, 2.45) is 0 Å². The highest BCUT2D eigenvalue weighted by Crippen LogP contribution is 2.00. The lowest BCUT2D eigenvalue weighted by molar-refractivity contribution is 0.189. The van der Waals surface area contributed by atoms with Crippen molar-refractivity contribution in [3.05, 3.63) is 25.0 Å². The average Bonchev–Trinajstić information content (AvgIpc) is 2.16. The lowest BCUT2D eigenvalue weighted by Gasteiger charge is -2.00. The first kappa shape index (κ1) is 12.2. The monoisotopic (exact) mass is 184 g/mol. The van der Waals surface area contributed by atoms with E-state index in [4.69, 9.17) is 9.47 Å². The smallest absolute Gasteiger partial charge is 0.0873 e. The predicted octanol–water partition coefficient (Wildman–Crippen LogP) is 2.91. The van der Waals surface area contributed by atoms with Crippen LogP contribution in [0.5, 0.6) is 0 Å². The van der Waals surface area contributed by atoms with Crippen molar-refractivity contribution in [3.63, 3.8) is 0 Å². The molecule has 0 unspecified atom stereocenters. The molecule has 0 saturated carbocycles. The fraction of sp³-hybridized carbons (Fsp3) is 0.636. The fourth-order valence-electron chi connectivity index (χ4n) is 0.965. The Labute approximate surface area is 81.2 Å². The molecular weight excluding hydrogens is 164 g/mol. The van der Waals surface area contributed by atoms with E-state index in [1.807, 2.05) is 0 Å². The Kier molecular flexibility index (Phi) is 10.6. The van der Waals surface area contributed by atoms with Gasteiger partial charge in [0.05, 0.1) is 12.9 Å². The first-order chi connectivity index (χ1) is 6.41. The summed E-state index contributed by atoms with van der Waals surface area (Å²) in [7, 11) is 1.74. The van der Waals surface area contributed by atoms with Crippen LogP contribution in [0.15, 0.2) is 25.0 Å². The van der Waals surface area contributed by atoms with E-state index in [0.29, 0.717) is 0 Å². The third kappa shape index (κ3) is 11.2. The van der Waals surface area contributed by atoms with Gasteiger partial charge in [-0.05, 0) is 25.3 Å². The molecule has 0 saturated heterocycles. The topological polar surface area (TPSA) is 18.5 Å². The van der Waals surface area contributed by atoms with Crippen LogP contribution in [-0.4, -0.2) is 20.3 Å². The molecule has 2 heteroatoms. The molecule has 2 nitrogen and oxygen atoms in total. The molecule has 0 bridgehead atoms. The molecule has 0 rings (SSSR count). The molecule has 0 aliphatic carbocycles. The van der Waals surface area contributed by atoms with Gasteiger partial charge in [-0.3, -0.25) is 0 Å². The minimum atomic E-state index is 0.803. The van der Waals surface area contributed by atoms with Crippen LogP contribution in [0.1, 0.15) is 25.7 Å². The summed E-state index contributed by atoms with van der Waals surface area (Å²) in [6.45, 7) is 5.22. The number of rotatable bonds is 9. The van der Waals surface area contributed by atoms with Gasteiger partial charge in [-0.25, -0.2) is 0 Å². The van der Waals surface area contributed by atoms with E-state index in [1.165, 1.54) is 12.8 Å². The van der Waals surface area contributed by atoms with Crippen molar-refractivity contribution in [1.82, 2.24) is 0 Å². The molecule has 0 heterocycles. The average molecular weight is 184 g/mol. The zero-order valence-electron chi connectivity index (χ0n) is 8.50. The summed E-state index contributed by atoms with van der Waals surface area (Å²) >= 11 is 0. The van der Waals surface area contributed by atoms with Gasteiger partial charge in [0, 0.05) is 13.7 Å². The molecular formula is C11H20O2. The third-order valence-electron chi connectivity index (χ3n) is 1.67. The summed E-state index contributed by atoms with van der Waals surface area (Å²) in [6, 6.07) is 0. The van der Waals surface area contributed by atoms with Crippen molar-refractivity contribution >= 4 is 0 Å². The lowest BCUT2D eigenvalue weighted by Crippen LogP contribution is -1.91. The van der Waals surface area contributed by atoms with Crippen LogP contribution in [0.4, 0.5) is 0 Å². The third-order valence-corrected chi connectivity index (χ3v) is 1.67. The number of ether oxygens (including phenoxy) is 2. The van der Waals surface area contributed by atoms with E-state index in [1.54, 1.807) is 25.5 Å². The van der Waals surface area contributed by atoms with Crippen molar-refractivity contribution in [2.75, 3.05) is 20.3 Å². The summed E-state index contributed by atoms with van der Waals surface area (Å²) in [4.78, 5) is 0. The molecule has 0 aromatic heterocycles. The van der Waals surface area contributed by atoms with Gasteiger partial charge < -0.3 is 9.47 Å². The zero-order valence-corrected chi connectivity index (χ0v) is 8.50. The SMILES string of the molecule is C=CC=COCCCCCCOC. The second-order valence-corrected chi connectivity index (χ2v) is 2.84. The molecule has 0 atom stereocenters. The summed E-state index contributed by atoms with van der Waals surface area (Å²) < 4.78 is 10.1. The molecule has 0 aromatic carbocycles. The molecule has 0 spiro atoms. The Bertz CT molecular complexity index is 130. The second-order valence-electron chi connectivity index (χ2n) is 2.84. The van der Waals surface area contributed by atoms with Gasteiger partial charge >= 0.3 is 0 Å². The highest BCUT2D eigenvalue weighted by molar-refractivity contribution is 4.92. The van der Waals surface area contributed by atoms with E-state index < -0.39 is 0 Å². The van der Waals surface area contributed by atoms with Gasteiger partial charge in [-0.15, -0.1) is 0 Å². The number of methoxy groups -OCH3 is 1. The maximum atomic E-state index is 5.20. The quantitative estimate of drug-likeness (QED) is 0.311. The molecule has 0 aromatic rings. The van der Waals surface area contributed by atoms with Gasteiger partial charge in [0.1, 0.15) is 0 Å². The summed E-state index contributed by atoms with van der Waals surface area (Å²) in [5.41, 5.74) is 0. The first-order valence-corrected chi connectivity index (χ1v) is 4.80. The summed E-state index contributed by atoms with van der Waals surface area (Å²) in [5.74, 6) is 0. The van der Waals surface area contributed by atoms with E-state index in [0.717, 1.165) is 26.1 Å². The number of allylic oxidation sites excluding steroid dienone is 2. The molecule has 13 heavy (non-hydrogen) atoms. The largest absolute Gasteiger partial charge is 0.501 e. The van der Waals surface area contributed by atoms with Gasteiger partial charge in [-0.2, -0.15) is 0 Å². The van der Waals surface area contributed by atoms with Crippen molar-refractivity contribution < 1.29 is 9.47 Å². The first-order valence-electron chi connectivity index (χ1n) is 4.80. The van der Waals surface area contributed by atoms with E-state index in [2.05, 4.69) is 6.58 Å². The normalized spacial score (nSPS) is 10.5. The van der Waals surface area contributed by atoms with E-state index >= 15 is 0 Å². The highest BCUT2D eigenvalue weighted by Gasteiger charge is 1.88. The van der Waals surface area contributed by atoms with Gasteiger partial charge in [0.15, 0.2) is 0 Å². The summed E-state index contributed by atoms with van der Waals surface area (Å²) in [6.07, 6.45) is 9.89. The predicted molar refractivity (Wildman–Crippen MR) is 55.6 cm³/mol. The fourth-order valence-corrected chi connectivity index (χ4v) is 0.965. The van der Waals surface area contributed by atoms with Crippen molar-refractivity contribution in [1.29, 1.82) is 0 Å². The van der Waals surface area contributed by atoms with Gasteiger partial charge in [-0.1, -0.05) is 19.1 Å². The molecule has 0 radical (unpaired) electrons. The Morgan fingerprint density at radius 2 is 1.77 bits per heavy atom. The standard InChI is InChI=1S/C11H20O2/c1-3-4-10-13-11-8-6-5-7-9-12-2/h3-4,10H,1,5-9,11H2,2H3. The zero-order chi connectivity index (χ0) is 9.78. The second kappa shape index (κ2) is 11.2. The Morgan fingerprint density at radius 3 is 2.38 bits per heavy atom.